The van der Waals surface area contributed by atoms with Crippen LogP contribution in [0.2, 0.25) is 0 Å². The van der Waals surface area contributed by atoms with E-state index in [1.165, 1.54) is 12.1 Å². The first kappa shape index (κ1) is 22.1. The van der Waals surface area contributed by atoms with E-state index < -0.39 is 10.1 Å². The van der Waals surface area contributed by atoms with Crippen LogP contribution in [0.5, 0.6) is 0 Å². The van der Waals surface area contributed by atoms with Crippen LogP contribution in [0.4, 0.5) is 0 Å². The number of hydrogen-bond donors (Lipinski definition) is 0. The number of benzene rings is 1. The van der Waals surface area contributed by atoms with Crippen molar-refractivity contribution in [1.82, 2.24) is 0 Å². The summed E-state index contributed by atoms with van der Waals surface area (Å²) in [5, 5.41) is 0. The van der Waals surface area contributed by atoms with Crippen LogP contribution in [0.15, 0.2) is 29.2 Å². The second kappa shape index (κ2) is 10.9. The summed E-state index contributed by atoms with van der Waals surface area (Å²) in [5.74, 6) is 0. The minimum Gasteiger partial charge on any atom is -0.379 e. The third-order valence-corrected chi connectivity index (χ3v) is 4.38. The fourth-order valence-corrected chi connectivity index (χ4v) is 2.69. The van der Waals surface area contributed by atoms with Gasteiger partial charge in [0.1, 0.15) is 0 Å². The number of aryl methyl sites for hydroxylation is 1. The second-order valence-electron chi connectivity index (χ2n) is 6.93. The van der Waals surface area contributed by atoms with Crippen LogP contribution in [0, 0.1) is 12.3 Å². The molecule has 1 aromatic rings. The molecular weight excluding hydrogens is 344 g/mol. The van der Waals surface area contributed by atoms with Gasteiger partial charge in [-0.1, -0.05) is 38.5 Å². The normalized spacial score (nSPS) is 12.5. The summed E-state index contributed by atoms with van der Waals surface area (Å²) < 4.78 is 44.9. The predicted molar refractivity (Wildman–Crippen MR) is 96.2 cm³/mol. The lowest BCUT2D eigenvalue weighted by molar-refractivity contribution is -0.00362. The van der Waals surface area contributed by atoms with Gasteiger partial charge in [0.15, 0.2) is 0 Å². The molecule has 6 nitrogen and oxygen atoms in total. The molecule has 0 atom stereocenters. The lowest BCUT2D eigenvalue weighted by Crippen LogP contribution is -2.18. The van der Waals surface area contributed by atoms with Crippen molar-refractivity contribution >= 4 is 10.1 Å². The molecule has 0 N–H and O–H groups in total. The first-order chi connectivity index (χ1) is 11.7. The van der Waals surface area contributed by atoms with Gasteiger partial charge < -0.3 is 14.2 Å². The molecule has 0 aliphatic rings. The van der Waals surface area contributed by atoms with Gasteiger partial charge in [-0.25, -0.2) is 0 Å². The Labute approximate surface area is 151 Å². The Morgan fingerprint density at radius 2 is 1.28 bits per heavy atom. The van der Waals surface area contributed by atoms with E-state index in [4.69, 9.17) is 18.4 Å². The molecule has 0 saturated carbocycles. The highest BCUT2D eigenvalue weighted by molar-refractivity contribution is 7.86. The van der Waals surface area contributed by atoms with Gasteiger partial charge in [-0.2, -0.15) is 8.42 Å². The van der Waals surface area contributed by atoms with Crippen molar-refractivity contribution < 1.29 is 26.8 Å². The first-order valence-corrected chi connectivity index (χ1v) is 9.81. The summed E-state index contributed by atoms with van der Waals surface area (Å²) in [6.45, 7) is 11.0. The van der Waals surface area contributed by atoms with Crippen molar-refractivity contribution in [2.75, 3.05) is 46.2 Å². The monoisotopic (exact) mass is 374 g/mol. The average molecular weight is 374 g/mol. The second-order valence-corrected chi connectivity index (χ2v) is 8.54. The van der Waals surface area contributed by atoms with Gasteiger partial charge in [-0.3, -0.25) is 4.18 Å². The molecule has 1 rings (SSSR count). The van der Waals surface area contributed by atoms with Crippen molar-refractivity contribution in [2.45, 2.75) is 32.6 Å². The molecule has 0 bridgehead atoms. The molecule has 0 heterocycles. The first-order valence-electron chi connectivity index (χ1n) is 8.40. The topological polar surface area (TPSA) is 71.1 Å². The summed E-state index contributed by atoms with van der Waals surface area (Å²) >= 11 is 0. The Hall–Kier alpha value is -0.990. The van der Waals surface area contributed by atoms with Crippen molar-refractivity contribution in [3.8, 4) is 0 Å². The number of ether oxygens (including phenoxy) is 3. The van der Waals surface area contributed by atoms with Crippen molar-refractivity contribution in [1.29, 1.82) is 0 Å². The van der Waals surface area contributed by atoms with Gasteiger partial charge in [0, 0.05) is 0 Å². The smallest absolute Gasteiger partial charge is 0.297 e. The van der Waals surface area contributed by atoms with Crippen LogP contribution in [-0.4, -0.2) is 54.7 Å². The average Bonchev–Trinajstić information content (AvgIpc) is 2.52. The summed E-state index contributed by atoms with van der Waals surface area (Å²) in [7, 11) is -3.72. The molecule has 7 heteroatoms. The maximum atomic E-state index is 11.9. The highest BCUT2D eigenvalue weighted by atomic mass is 32.2. The fourth-order valence-electron chi connectivity index (χ4n) is 1.79. The lowest BCUT2D eigenvalue weighted by Gasteiger charge is -2.17. The fraction of sp³-hybridized carbons (Fsp3) is 0.667. The molecule has 25 heavy (non-hydrogen) atoms. The van der Waals surface area contributed by atoms with Crippen LogP contribution >= 0.6 is 0 Å². The van der Waals surface area contributed by atoms with E-state index in [9.17, 15) is 8.42 Å². The van der Waals surface area contributed by atoms with Gasteiger partial charge in [-0.15, -0.1) is 0 Å². The Morgan fingerprint density at radius 3 is 1.80 bits per heavy atom. The third-order valence-electron chi connectivity index (χ3n) is 3.05. The van der Waals surface area contributed by atoms with Crippen molar-refractivity contribution in [2.24, 2.45) is 5.41 Å². The molecule has 144 valence electrons. The van der Waals surface area contributed by atoms with Crippen LogP contribution < -0.4 is 0 Å². The molecule has 0 aromatic heterocycles. The van der Waals surface area contributed by atoms with Crippen LogP contribution in [0.25, 0.3) is 0 Å². The molecule has 0 aliphatic heterocycles. The number of hydrogen-bond acceptors (Lipinski definition) is 6. The Bertz CT molecular complexity index is 575. The highest BCUT2D eigenvalue weighted by Gasteiger charge is 2.14. The van der Waals surface area contributed by atoms with Gasteiger partial charge in [0.05, 0.1) is 51.1 Å². The SMILES string of the molecule is Cc1ccc(S(=O)(=O)OCCOCCOCCOCC(C)(C)C)cc1. The van der Waals surface area contributed by atoms with Crippen LogP contribution in [0.1, 0.15) is 26.3 Å². The van der Waals surface area contributed by atoms with E-state index in [2.05, 4.69) is 20.8 Å². The van der Waals surface area contributed by atoms with E-state index >= 15 is 0 Å². The maximum Gasteiger partial charge on any atom is 0.297 e. The van der Waals surface area contributed by atoms with E-state index in [1.54, 1.807) is 12.1 Å². The van der Waals surface area contributed by atoms with Crippen LogP contribution in [-0.2, 0) is 28.5 Å². The minimum atomic E-state index is -3.72. The molecule has 0 radical (unpaired) electrons. The zero-order valence-corrected chi connectivity index (χ0v) is 16.4. The summed E-state index contributed by atoms with van der Waals surface area (Å²) in [6.07, 6.45) is 0. The molecule has 0 fully saturated rings. The van der Waals surface area contributed by atoms with Crippen molar-refractivity contribution in [3.05, 3.63) is 29.8 Å². The van der Waals surface area contributed by atoms with Gasteiger partial charge >= 0.3 is 0 Å². The van der Waals surface area contributed by atoms with Gasteiger partial charge in [-0.05, 0) is 24.5 Å². The highest BCUT2D eigenvalue weighted by Crippen LogP contribution is 2.13. The maximum absolute atomic E-state index is 11.9. The standard InChI is InChI=1S/C18H30O6S/c1-16-5-7-17(8-6-16)25(19,20)24-14-13-22-10-9-21-11-12-23-15-18(2,3)4/h5-8H,9-15H2,1-4H3. The van der Waals surface area contributed by atoms with Gasteiger partial charge in [0.25, 0.3) is 10.1 Å². The zero-order valence-electron chi connectivity index (χ0n) is 15.6. The Balaban J connectivity index is 2.02. The van der Waals surface area contributed by atoms with Crippen molar-refractivity contribution in [3.63, 3.8) is 0 Å². The zero-order chi connectivity index (χ0) is 18.8. The summed E-state index contributed by atoms with van der Waals surface area (Å²) in [4.78, 5) is 0.150. The molecule has 1 aromatic carbocycles. The van der Waals surface area contributed by atoms with Crippen LogP contribution in [0.3, 0.4) is 0 Å². The largest absolute Gasteiger partial charge is 0.379 e. The van der Waals surface area contributed by atoms with E-state index in [-0.39, 0.29) is 23.5 Å². The molecule has 0 aliphatic carbocycles. The molecule has 0 spiro atoms. The summed E-state index contributed by atoms with van der Waals surface area (Å²) in [5.41, 5.74) is 1.15. The lowest BCUT2D eigenvalue weighted by atomic mass is 9.99. The molecular formula is C18H30O6S. The molecule has 0 saturated heterocycles. The quantitative estimate of drug-likeness (QED) is 0.414. The predicted octanol–water partition coefficient (Wildman–Crippen LogP) is 2.80. The molecule has 0 unspecified atom stereocenters. The Kier molecular flexibility index (Phi) is 9.60. The molecule has 0 amide bonds. The minimum absolute atomic E-state index is 0.0229. The van der Waals surface area contributed by atoms with E-state index in [0.29, 0.717) is 33.0 Å². The van der Waals surface area contributed by atoms with Gasteiger partial charge in [0.2, 0.25) is 0 Å². The third kappa shape index (κ3) is 10.6. The number of rotatable bonds is 12. The summed E-state index contributed by atoms with van der Waals surface area (Å²) in [6, 6.07) is 6.52. The van der Waals surface area contributed by atoms with E-state index in [1.807, 2.05) is 6.92 Å². The van der Waals surface area contributed by atoms with E-state index in [0.717, 1.165) is 5.56 Å². The Morgan fingerprint density at radius 1 is 0.800 bits per heavy atom.